The van der Waals surface area contributed by atoms with Crippen LogP contribution < -0.4 is 0 Å². The van der Waals surface area contributed by atoms with Crippen molar-refractivity contribution < 1.29 is 0 Å². The van der Waals surface area contributed by atoms with E-state index in [9.17, 15) is 0 Å². The molecule has 0 nitrogen and oxygen atoms in total. The molecule has 0 radical (unpaired) electrons. The predicted octanol–water partition coefficient (Wildman–Crippen LogP) is 4.25. The maximum absolute atomic E-state index is 2.36. The summed E-state index contributed by atoms with van der Waals surface area (Å²) in [5.74, 6) is 0. The van der Waals surface area contributed by atoms with Crippen LogP contribution in [0.25, 0.3) is 15.7 Å². The number of thiophene rings is 1. The van der Waals surface area contributed by atoms with E-state index in [2.05, 4.69) is 37.3 Å². The molecule has 0 saturated carbocycles. The number of hydrogen-bond acceptors (Lipinski definition) is 1. The molecule has 0 amide bonds. The molecule has 1 aliphatic carbocycles. The van der Waals surface area contributed by atoms with Gasteiger partial charge in [-0.1, -0.05) is 24.3 Å². The SMILES string of the molecule is CC1=CCCc2c1sc1ccccc21. The minimum absolute atomic E-state index is 1.21. The summed E-state index contributed by atoms with van der Waals surface area (Å²) < 4.78 is 1.44. The maximum atomic E-state index is 2.36. The van der Waals surface area contributed by atoms with Crippen molar-refractivity contribution in [2.45, 2.75) is 19.8 Å². The summed E-state index contributed by atoms with van der Waals surface area (Å²) in [4.78, 5) is 1.51. The first kappa shape index (κ1) is 8.25. The first-order valence-corrected chi connectivity index (χ1v) is 5.85. The van der Waals surface area contributed by atoms with Crippen LogP contribution in [0.5, 0.6) is 0 Å². The third-order valence-corrected chi connectivity index (χ3v) is 4.25. The lowest BCUT2D eigenvalue weighted by atomic mass is 9.97. The molecule has 0 bridgehead atoms. The average molecular weight is 200 g/mol. The van der Waals surface area contributed by atoms with Crippen LogP contribution in [0.15, 0.2) is 30.3 Å². The summed E-state index contributed by atoms with van der Waals surface area (Å²) in [5.41, 5.74) is 3.04. The molecular formula is C13H12S. The third kappa shape index (κ3) is 1.05. The first-order chi connectivity index (χ1) is 6.86. The number of rotatable bonds is 0. The van der Waals surface area contributed by atoms with Gasteiger partial charge in [-0.15, -0.1) is 11.3 Å². The van der Waals surface area contributed by atoms with Gasteiger partial charge in [0, 0.05) is 9.58 Å². The largest absolute Gasteiger partial charge is 0.135 e. The molecule has 14 heavy (non-hydrogen) atoms. The van der Waals surface area contributed by atoms with E-state index in [1.165, 1.54) is 33.4 Å². The van der Waals surface area contributed by atoms with Gasteiger partial charge in [-0.2, -0.15) is 0 Å². The lowest BCUT2D eigenvalue weighted by Gasteiger charge is -2.09. The van der Waals surface area contributed by atoms with E-state index in [1.54, 1.807) is 5.56 Å². The van der Waals surface area contributed by atoms with Crippen LogP contribution in [0, 0.1) is 0 Å². The molecule has 3 rings (SSSR count). The fraction of sp³-hybridized carbons (Fsp3) is 0.231. The van der Waals surface area contributed by atoms with Crippen LogP contribution in [0.4, 0.5) is 0 Å². The van der Waals surface area contributed by atoms with Crippen LogP contribution >= 0.6 is 11.3 Å². The molecular weight excluding hydrogens is 188 g/mol. The van der Waals surface area contributed by atoms with Crippen LogP contribution in [-0.2, 0) is 6.42 Å². The fourth-order valence-corrected chi connectivity index (χ4v) is 3.44. The standard InChI is InChI=1S/C13H12S/c1-9-5-4-7-11-10-6-2-3-8-12(10)14-13(9)11/h2-3,5-6,8H,4,7H2,1H3. The Balaban J connectivity index is 2.40. The minimum Gasteiger partial charge on any atom is -0.135 e. The number of fused-ring (bicyclic) bond motifs is 3. The average Bonchev–Trinajstić information content (AvgIpc) is 2.59. The summed E-state index contributed by atoms with van der Waals surface area (Å²) in [6.07, 6.45) is 4.79. The van der Waals surface area contributed by atoms with Gasteiger partial charge in [-0.05, 0) is 42.4 Å². The summed E-state index contributed by atoms with van der Waals surface area (Å²) in [6, 6.07) is 8.75. The molecule has 0 unspecified atom stereocenters. The Kier molecular flexibility index (Phi) is 1.74. The summed E-state index contributed by atoms with van der Waals surface area (Å²) in [7, 11) is 0. The van der Waals surface area contributed by atoms with Crippen molar-refractivity contribution in [2.75, 3.05) is 0 Å². The number of allylic oxidation sites excluding steroid dienone is 2. The quantitative estimate of drug-likeness (QED) is 0.596. The highest BCUT2D eigenvalue weighted by atomic mass is 32.1. The molecule has 0 spiro atoms. The monoisotopic (exact) mass is 200 g/mol. The lowest BCUT2D eigenvalue weighted by Crippen LogP contribution is -1.92. The van der Waals surface area contributed by atoms with E-state index < -0.39 is 0 Å². The van der Waals surface area contributed by atoms with E-state index in [0.717, 1.165) is 0 Å². The Morgan fingerprint density at radius 3 is 3.00 bits per heavy atom. The second kappa shape index (κ2) is 2.96. The zero-order chi connectivity index (χ0) is 9.54. The van der Waals surface area contributed by atoms with Gasteiger partial charge in [0.05, 0.1) is 0 Å². The predicted molar refractivity (Wildman–Crippen MR) is 63.8 cm³/mol. The minimum atomic E-state index is 1.21. The molecule has 1 heterocycles. The Morgan fingerprint density at radius 2 is 2.07 bits per heavy atom. The van der Waals surface area contributed by atoms with Crippen LogP contribution in [0.1, 0.15) is 23.8 Å². The van der Waals surface area contributed by atoms with Gasteiger partial charge >= 0.3 is 0 Å². The van der Waals surface area contributed by atoms with E-state index in [1.807, 2.05) is 11.3 Å². The molecule has 1 aromatic carbocycles. The van der Waals surface area contributed by atoms with Gasteiger partial charge in [0.15, 0.2) is 0 Å². The van der Waals surface area contributed by atoms with Crippen molar-refractivity contribution in [1.29, 1.82) is 0 Å². The molecule has 0 saturated heterocycles. The molecule has 2 aromatic rings. The third-order valence-electron chi connectivity index (χ3n) is 2.90. The van der Waals surface area contributed by atoms with Gasteiger partial charge in [-0.25, -0.2) is 0 Å². The fourth-order valence-electron chi connectivity index (χ4n) is 2.19. The molecule has 1 heteroatoms. The van der Waals surface area contributed by atoms with E-state index >= 15 is 0 Å². The van der Waals surface area contributed by atoms with E-state index in [4.69, 9.17) is 0 Å². The highest BCUT2D eigenvalue weighted by Crippen LogP contribution is 2.38. The van der Waals surface area contributed by atoms with Gasteiger partial charge in [0.1, 0.15) is 0 Å². The molecule has 1 aromatic heterocycles. The molecule has 0 aliphatic heterocycles. The summed E-state index contributed by atoms with van der Waals surface area (Å²) in [6.45, 7) is 2.23. The smallest absolute Gasteiger partial charge is 0.0352 e. The zero-order valence-corrected chi connectivity index (χ0v) is 9.03. The van der Waals surface area contributed by atoms with Crippen LogP contribution in [0.3, 0.4) is 0 Å². The number of aryl methyl sites for hydroxylation is 1. The molecule has 0 atom stereocenters. The molecule has 1 aliphatic rings. The maximum Gasteiger partial charge on any atom is 0.0352 e. The van der Waals surface area contributed by atoms with E-state index in [0.29, 0.717) is 0 Å². The highest BCUT2D eigenvalue weighted by molar-refractivity contribution is 7.20. The Labute approximate surface area is 87.9 Å². The summed E-state index contributed by atoms with van der Waals surface area (Å²) >= 11 is 1.94. The van der Waals surface area contributed by atoms with Crippen molar-refractivity contribution in [3.05, 3.63) is 40.8 Å². The molecule has 0 fully saturated rings. The van der Waals surface area contributed by atoms with Crippen molar-refractivity contribution in [2.24, 2.45) is 0 Å². The van der Waals surface area contributed by atoms with Crippen molar-refractivity contribution in [3.8, 4) is 0 Å². The van der Waals surface area contributed by atoms with Crippen molar-refractivity contribution in [3.63, 3.8) is 0 Å². The molecule has 0 N–H and O–H groups in total. The Bertz CT molecular complexity index is 517. The first-order valence-electron chi connectivity index (χ1n) is 5.04. The van der Waals surface area contributed by atoms with E-state index in [-0.39, 0.29) is 0 Å². The van der Waals surface area contributed by atoms with Gasteiger partial charge in [0.25, 0.3) is 0 Å². The number of hydrogen-bond donors (Lipinski definition) is 0. The Hall–Kier alpha value is -1.08. The molecule has 70 valence electrons. The van der Waals surface area contributed by atoms with Crippen molar-refractivity contribution >= 4 is 27.0 Å². The zero-order valence-electron chi connectivity index (χ0n) is 8.21. The summed E-state index contributed by atoms with van der Waals surface area (Å²) in [5, 5.41) is 1.47. The van der Waals surface area contributed by atoms with Crippen LogP contribution in [-0.4, -0.2) is 0 Å². The Morgan fingerprint density at radius 1 is 1.21 bits per heavy atom. The lowest BCUT2D eigenvalue weighted by molar-refractivity contribution is 0.996. The normalized spacial score (nSPS) is 15.4. The van der Waals surface area contributed by atoms with Gasteiger partial charge in [0.2, 0.25) is 0 Å². The number of benzene rings is 1. The van der Waals surface area contributed by atoms with Crippen LogP contribution in [0.2, 0.25) is 0 Å². The topological polar surface area (TPSA) is 0 Å². The van der Waals surface area contributed by atoms with Gasteiger partial charge < -0.3 is 0 Å². The second-order valence-electron chi connectivity index (χ2n) is 3.83. The van der Waals surface area contributed by atoms with Crippen molar-refractivity contribution in [1.82, 2.24) is 0 Å². The highest BCUT2D eigenvalue weighted by Gasteiger charge is 2.15. The second-order valence-corrected chi connectivity index (χ2v) is 4.88. The van der Waals surface area contributed by atoms with Gasteiger partial charge in [-0.3, -0.25) is 0 Å².